The summed E-state index contributed by atoms with van der Waals surface area (Å²) in [6.45, 7) is 3.31. The molecule has 1 aromatic carbocycles. The number of fused-ring (bicyclic) bond motifs is 1. The molecule has 1 N–H and O–H groups in total. The van der Waals surface area contributed by atoms with Gasteiger partial charge in [-0.25, -0.2) is 9.59 Å². The lowest BCUT2D eigenvalue weighted by Crippen LogP contribution is -2.43. The van der Waals surface area contributed by atoms with Crippen molar-refractivity contribution in [2.24, 2.45) is 0 Å². The van der Waals surface area contributed by atoms with Gasteiger partial charge in [-0.2, -0.15) is 5.26 Å². The van der Waals surface area contributed by atoms with Crippen LogP contribution >= 0.6 is 0 Å². The van der Waals surface area contributed by atoms with E-state index in [1.165, 1.54) is 0 Å². The molecule has 0 radical (unpaired) electrons. The van der Waals surface area contributed by atoms with Gasteiger partial charge in [0.05, 0.1) is 18.1 Å². The van der Waals surface area contributed by atoms with Crippen LogP contribution in [-0.2, 0) is 6.42 Å². The average Bonchev–Trinajstić information content (AvgIpc) is 2.90. The van der Waals surface area contributed by atoms with Gasteiger partial charge in [-0.15, -0.1) is 0 Å². The van der Waals surface area contributed by atoms with Crippen molar-refractivity contribution in [1.82, 2.24) is 4.90 Å². The summed E-state index contributed by atoms with van der Waals surface area (Å²) in [6.07, 6.45) is 1.01. The smallest absolute Gasteiger partial charge is 0.335 e. The Balaban J connectivity index is 2.24. The van der Waals surface area contributed by atoms with Crippen molar-refractivity contribution in [1.29, 1.82) is 5.26 Å². The van der Waals surface area contributed by atoms with Gasteiger partial charge in [-0.1, -0.05) is 6.07 Å². The normalized spacial score (nSPS) is 12.7. The Morgan fingerprint density at radius 3 is 2.86 bits per heavy atom. The summed E-state index contributed by atoms with van der Waals surface area (Å²) >= 11 is 0. The largest absolute Gasteiger partial charge is 0.478 e. The molecule has 2 rings (SSSR count). The topological polar surface area (TPSA) is 84.6 Å². The number of nitriles is 1. The first-order valence-corrected chi connectivity index (χ1v) is 6.88. The zero-order valence-corrected chi connectivity index (χ0v) is 11.9. The summed E-state index contributed by atoms with van der Waals surface area (Å²) in [5.74, 6) is -1.01. The number of carboxylic acid groups (broad SMARTS) is 1. The van der Waals surface area contributed by atoms with Crippen molar-refractivity contribution < 1.29 is 14.7 Å². The molecule has 1 aliphatic rings. The summed E-state index contributed by atoms with van der Waals surface area (Å²) < 4.78 is 0. The van der Waals surface area contributed by atoms with Gasteiger partial charge in [0.1, 0.15) is 0 Å². The predicted molar refractivity (Wildman–Crippen MR) is 77.3 cm³/mol. The number of nitrogens with zero attached hydrogens (tertiary/aromatic N) is 3. The van der Waals surface area contributed by atoms with E-state index in [9.17, 15) is 9.59 Å². The van der Waals surface area contributed by atoms with E-state index in [1.807, 2.05) is 13.0 Å². The van der Waals surface area contributed by atoms with Crippen LogP contribution in [0.1, 0.15) is 29.3 Å². The van der Waals surface area contributed by atoms with E-state index in [1.54, 1.807) is 28.0 Å². The van der Waals surface area contributed by atoms with Crippen LogP contribution in [0.25, 0.3) is 0 Å². The maximum atomic E-state index is 12.5. The van der Waals surface area contributed by atoms with Crippen LogP contribution in [0.3, 0.4) is 0 Å². The van der Waals surface area contributed by atoms with E-state index in [0.717, 1.165) is 12.0 Å². The molecule has 110 valence electrons. The number of rotatable bonds is 4. The highest BCUT2D eigenvalue weighted by molar-refractivity contribution is 5.97. The number of hydrogen-bond acceptors (Lipinski definition) is 3. The molecule has 0 atom stereocenters. The molecule has 1 aliphatic heterocycles. The molecule has 0 aromatic heterocycles. The molecule has 0 bridgehead atoms. The van der Waals surface area contributed by atoms with Gasteiger partial charge in [0, 0.05) is 25.3 Å². The fourth-order valence-corrected chi connectivity index (χ4v) is 2.46. The Morgan fingerprint density at radius 2 is 2.24 bits per heavy atom. The monoisotopic (exact) mass is 287 g/mol. The van der Waals surface area contributed by atoms with Crippen LogP contribution in [0.5, 0.6) is 0 Å². The summed E-state index contributed by atoms with van der Waals surface area (Å²) in [4.78, 5) is 26.8. The molecule has 6 heteroatoms. The summed E-state index contributed by atoms with van der Waals surface area (Å²) in [5, 5.41) is 17.7. The van der Waals surface area contributed by atoms with Crippen molar-refractivity contribution in [2.75, 3.05) is 24.5 Å². The second-order valence-corrected chi connectivity index (χ2v) is 4.82. The Labute approximate surface area is 123 Å². The SMILES string of the molecule is CCN(CCC#N)C(=O)N1CCc2ccc(C(=O)O)cc21. The molecule has 0 spiro atoms. The van der Waals surface area contributed by atoms with Gasteiger partial charge in [0.15, 0.2) is 0 Å². The predicted octanol–water partition coefficient (Wildman–Crippen LogP) is 2.10. The van der Waals surface area contributed by atoms with Crippen LogP contribution < -0.4 is 4.90 Å². The highest BCUT2D eigenvalue weighted by Gasteiger charge is 2.28. The fraction of sp³-hybridized carbons (Fsp3) is 0.400. The molecule has 0 unspecified atom stereocenters. The lowest BCUT2D eigenvalue weighted by atomic mass is 10.1. The Bertz CT molecular complexity index is 607. The van der Waals surface area contributed by atoms with Crippen molar-refractivity contribution >= 4 is 17.7 Å². The third-order valence-corrected chi connectivity index (χ3v) is 3.60. The maximum Gasteiger partial charge on any atom is 0.335 e. The summed E-state index contributed by atoms with van der Waals surface area (Å²) in [7, 11) is 0. The highest BCUT2D eigenvalue weighted by Crippen LogP contribution is 2.30. The fourth-order valence-electron chi connectivity index (χ4n) is 2.46. The Hall–Kier alpha value is -2.55. The average molecular weight is 287 g/mol. The second-order valence-electron chi connectivity index (χ2n) is 4.82. The molecule has 1 aromatic rings. The minimum Gasteiger partial charge on any atom is -0.478 e. The van der Waals surface area contributed by atoms with Gasteiger partial charge in [-0.3, -0.25) is 4.90 Å². The molecule has 0 fully saturated rings. The van der Waals surface area contributed by atoms with E-state index >= 15 is 0 Å². The molecular formula is C15H17N3O3. The van der Waals surface area contributed by atoms with E-state index < -0.39 is 5.97 Å². The number of carboxylic acids is 1. The number of benzene rings is 1. The van der Waals surface area contributed by atoms with Crippen molar-refractivity contribution in [3.05, 3.63) is 29.3 Å². The van der Waals surface area contributed by atoms with Gasteiger partial charge < -0.3 is 10.0 Å². The summed E-state index contributed by atoms with van der Waals surface area (Å²) in [5.41, 5.74) is 1.81. The number of aromatic carboxylic acids is 1. The van der Waals surface area contributed by atoms with E-state index in [4.69, 9.17) is 10.4 Å². The van der Waals surface area contributed by atoms with Crippen molar-refractivity contribution in [3.8, 4) is 6.07 Å². The van der Waals surface area contributed by atoms with E-state index in [-0.39, 0.29) is 18.0 Å². The van der Waals surface area contributed by atoms with Crippen LogP contribution in [0, 0.1) is 11.3 Å². The number of amides is 2. The van der Waals surface area contributed by atoms with Crippen LogP contribution in [0.4, 0.5) is 10.5 Å². The molecule has 0 aliphatic carbocycles. The van der Waals surface area contributed by atoms with Crippen LogP contribution in [0.15, 0.2) is 18.2 Å². The standard InChI is InChI=1S/C15H17N3O3/c1-2-17(8-3-7-16)15(21)18-9-6-11-4-5-12(14(19)20)10-13(11)18/h4-5,10H,2-3,6,8-9H2,1H3,(H,19,20). The molecule has 21 heavy (non-hydrogen) atoms. The highest BCUT2D eigenvalue weighted by atomic mass is 16.4. The quantitative estimate of drug-likeness (QED) is 0.919. The Kier molecular flexibility index (Phi) is 4.43. The third-order valence-electron chi connectivity index (χ3n) is 3.60. The minimum absolute atomic E-state index is 0.172. The van der Waals surface area contributed by atoms with E-state index in [2.05, 4.69) is 0 Å². The molecule has 6 nitrogen and oxygen atoms in total. The number of urea groups is 1. The Morgan fingerprint density at radius 1 is 1.48 bits per heavy atom. The minimum atomic E-state index is -1.01. The third kappa shape index (κ3) is 2.97. The van der Waals surface area contributed by atoms with Gasteiger partial charge >= 0.3 is 12.0 Å². The second kappa shape index (κ2) is 6.27. The van der Waals surface area contributed by atoms with Gasteiger partial charge in [-0.05, 0) is 31.0 Å². The molecule has 0 saturated heterocycles. The van der Waals surface area contributed by atoms with Crippen LogP contribution in [-0.4, -0.2) is 41.6 Å². The van der Waals surface area contributed by atoms with Crippen LogP contribution in [0.2, 0.25) is 0 Å². The molecule has 1 heterocycles. The zero-order chi connectivity index (χ0) is 15.4. The van der Waals surface area contributed by atoms with Gasteiger partial charge in [0.25, 0.3) is 0 Å². The number of carbonyl (C=O) groups excluding carboxylic acids is 1. The van der Waals surface area contributed by atoms with E-state index in [0.29, 0.717) is 25.3 Å². The number of hydrogen-bond donors (Lipinski definition) is 1. The number of anilines is 1. The first-order valence-electron chi connectivity index (χ1n) is 6.88. The maximum absolute atomic E-state index is 12.5. The van der Waals surface area contributed by atoms with Crippen molar-refractivity contribution in [3.63, 3.8) is 0 Å². The lowest BCUT2D eigenvalue weighted by molar-refractivity contribution is 0.0697. The summed E-state index contributed by atoms with van der Waals surface area (Å²) in [6, 6.07) is 6.72. The zero-order valence-electron chi connectivity index (χ0n) is 11.9. The molecule has 2 amide bonds. The first kappa shape index (κ1) is 14.9. The first-order chi connectivity index (χ1) is 10.1. The number of carbonyl (C=O) groups is 2. The lowest BCUT2D eigenvalue weighted by Gasteiger charge is -2.27. The molecular weight excluding hydrogens is 270 g/mol. The van der Waals surface area contributed by atoms with Gasteiger partial charge in [0.2, 0.25) is 0 Å². The van der Waals surface area contributed by atoms with Crippen molar-refractivity contribution in [2.45, 2.75) is 19.8 Å². The molecule has 0 saturated carbocycles.